The summed E-state index contributed by atoms with van der Waals surface area (Å²) in [5, 5.41) is 0. The van der Waals surface area contributed by atoms with E-state index in [0.29, 0.717) is 5.92 Å². The van der Waals surface area contributed by atoms with Gasteiger partial charge in [0.25, 0.3) is 0 Å². The van der Waals surface area contributed by atoms with Gasteiger partial charge in [0, 0.05) is 12.1 Å². The van der Waals surface area contributed by atoms with Gasteiger partial charge in [0.1, 0.15) is 0 Å². The molecule has 0 aromatic rings. The Morgan fingerprint density at radius 2 is 2.08 bits per heavy atom. The minimum Gasteiger partial charge on any atom is -0.377 e. The molecule has 1 aliphatic heterocycles. The van der Waals surface area contributed by atoms with E-state index in [0.717, 1.165) is 13.0 Å². The Kier molecular flexibility index (Phi) is 3.13. The lowest BCUT2D eigenvalue weighted by molar-refractivity contribution is 0.0725. The fraction of sp³-hybridized carbons (Fsp3) is 1.00. The van der Waals surface area contributed by atoms with E-state index in [9.17, 15) is 0 Å². The van der Waals surface area contributed by atoms with E-state index in [4.69, 9.17) is 10.5 Å². The molecule has 1 saturated heterocycles. The Balaban J connectivity index is 2.67. The highest BCUT2D eigenvalue weighted by Gasteiger charge is 2.42. The third-order valence-electron chi connectivity index (χ3n) is 3.41. The van der Waals surface area contributed by atoms with Crippen LogP contribution < -0.4 is 5.73 Å². The number of hydrogen-bond acceptors (Lipinski definition) is 2. The maximum atomic E-state index is 6.34. The monoisotopic (exact) mass is 171 g/mol. The van der Waals surface area contributed by atoms with Crippen molar-refractivity contribution in [3.05, 3.63) is 0 Å². The Hall–Kier alpha value is -0.0800. The molecule has 0 saturated carbocycles. The molecule has 2 N–H and O–H groups in total. The van der Waals surface area contributed by atoms with Gasteiger partial charge in [-0.2, -0.15) is 0 Å². The second kappa shape index (κ2) is 3.75. The zero-order valence-corrected chi connectivity index (χ0v) is 8.47. The SMILES string of the molecule is CCC(CC)C1(N)CCOC1C. The van der Waals surface area contributed by atoms with Crippen LogP contribution in [-0.2, 0) is 4.74 Å². The van der Waals surface area contributed by atoms with Crippen LogP contribution in [0.2, 0.25) is 0 Å². The minimum atomic E-state index is -0.0521. The molecule has 12 heavy (non-hydrogen) atoms. The summed E-state index contributed by atoms with van der Waals surface area (Å²) in [4.78, 5) is 0. The van der Waals surface area contributed by atoms with E-state index in [1.54, 1.807) is 0 Å². The van der Waals surface area contributed by atoms with Crippen molar-refractivity contribution in [2.45, 2.75) is 51.7 Å². The summed E-state index contributed by atoms with van der Waals surface area (Å²) in [6.45, 7) is 7.38. The van der Waals surface area contributed by atoms with Gasteiger partial charge in [-0.25, -0.2) is 0 Å². The molecule has 0 bridgehead atoms. The normalized spacial score (nSPS) is 36.2. The van der Waals surface area contributed by atoms with Crippen LogP contribution in [0.1, 0.15) is 40.0 Å². The van der Waals surface area contributed by atoms with Gasteiger partial charge in [-0.3, -0.25) is 0 Å². The molecule has 1 aliphatic rings. The lowest BCUT2D eigenvalue weighted by Crippen LogP contribution is -2.52. The van der Waals surface area contributed by atoms with Crippen LogP contribution in [0, 0.1) is 5.92 Å². The molecule has 0 amide bonds. The summed E-state index contributed by atoms with van der Waals surface area (Å²) in [6, 6.07) is 0. The quantitative estimate of drug-likeness (QED) is 0.704. The topological polar surface area (TPSA) is 35.2 Å². The van der Waals surface area contributed by atoms with Crippen LogP contribution in [0.15, 0.2) is 0 Å². The number of ether oxygens (including phenoxy) is 1. The first kappa shape index (κ1) is 10.0. The standard InChI is InChI=1S/C10H21NO/c1-4-9(5-2)10(11)6-7-12-8(10)3/h8-9H,4-7,11H2,1-3H3. The fourth-order valence-electron chi connectivity index (χ4n) is 2.36. The lowest BCUT2D eigenvalue weighted by atomic mass is 9.77. The van der Waals surface area contributed by atoms with E-state index < -0.39 is 0 Å². The van der Waals surface area contributed by atoms with Gasteiger partial charge in [0.2, 0.25) is 0 Å². The molecule has 0 radical (unpaired) electrons. The summed E-state index contributed by atoms with van der Waals surface area (Å²) < 4.78 is 5.53. The average Bonchev–Trinajstić information content (AvgIpc) is 2.36. The fourth-order valence-corrected chi connectivity index (χ4v) is 2.36. The molecule has 0 spiro atoms. The molecule has 72 valence electrons. The maximum Gasteiger partial charge on any atom is 0.0729 e. The highest BCUT2D eigenvalue weighted by atomic mass is 16.5. The molecule has 0 aliphatic carbocycles. The number of nitrogens with two attached hydrogens (primary N) is 1. The minimum absolute atomic E-state index is 0.0521. The molecular formula is C10H21NO. The lowest BCUT2D eigenvalue weighted by Gasteiger charge is -2.35. The van der Waals surface area contributed by atoms with E-state index in [2.05, 4.69) is 20.8 Å². The van der Waals surface area contributed by atoms with E-state index in [-0.39, 0.29) is 11.6 Å². The maximum absolute atomic E-state index is 6.34. The summed E-state index contributed by atoms with van der Waals surface area (Å²) >= 11 is 0. The van der Waals surface area contributed by atoms with Gasteiger partial charge in [0.05, 0.1) is 6.10 Å². The molecule has 0 aromatic carbocycles. The zero-order valence-electron chi connectivity index (χ0n) is 8.47. The molecule has 2 unspecified atom stereocenters. The predicted molar refractivity (Wildman–Crippen MR) is 51.0 cm³/mol. The second-order valence-electron chi connectivity index (χ2n) is 3.89. The van der Waals surface area contributed by atoms with Gasteiger partial charge >= 0.3 is 0 Å². The van der Waals surface area contributed by atoms with Crippen LogP contribution in [0.5, 0.6) is 0 Å². The zero-order chi connectivity index (χ0) is 9.19. The molecule has 1 heterocycles. The van der Waals surface area contributed by atoms with Crippen LogP contribution in [0.3, 0.4) is 0 Å². The number of rotatable bonds is 3. The van der Waals surface area contributed by atoms with Crippen LogP contribution in [0.25, 0.3) is 0 Å². The molecule has 1 rings (SSSR count). The first-order valence-corrected chi connectivity index (χ1v) is 5.05. The number of hydrogen-bond donors (Lipinski definition) is 1. The Morgan fingerprint density at radius 3 is 2.42 bits per heavy atom. The average molecular weight is 171 g/mol. The van der Waals surface area contributed by atoms with Crippen molar-refractivity contribution < 1.29 is 4.74 Å². The summed E-state index contributed by atoms with van der Waals surface area (Å²) in [5.74, 6) is 0.620. The van der Waals surface area contributed by atoms with Crippen LogP contribution in [0.4, 0.5) is 0 Å². The van der Waals surface area contributed by atoms with Crippen molar-refractivity contribution in [2.24, 2.45) is 11.7 Å². The van der Waals surface area contributed by atoms with Gasteiger partial charge in [-0.05, 0) is 19.3 Å². The van der Waals surface area contributed by atoms with Crippen molar-refractivity contribution in [1.29, 1.82) is 0 Å². The van der Waals surface area contributed by atoms with Crippen LogP contribution in [-0.4, -0.2) is 18.2 Å². The Bertz CT molecular complexity index is 145. The molecule has 2 nitrogen and oxygen atoms in total. The van der Waals surface area contributed by atoms with E-state index in [1.165, 1.54) is 12.8 Å². The van der Waals surface area contributed by atoms with Crippen LogP contribution >= 0.6 is 0 Å². The van der Waals surface area contributed by atoms with Gasteiger partial charge in [0.15, 0.2) is 0 Å². The van der Waals surface area contributed by atoms with Crippen molar-refractivity contribution >= 4 is 0 Å². The van der Waals surface area contributed by atoms with Gasteiger partial charge in [-0.1, -0.05) is 26.7 Å². The molecular weight excluding hydrogens is 150 g/mol. The van der Waals surface area contributed by atoms with E-state index in [1.807, 2.05) is 0 Å². The first-order valence-electron chi connectivity index (χ1n) is 5.05. The predicted octanol–water partition coefficient (Wildman–Crippen LogP) is 1.93. The molecule has 2 heteroatoms. The van der Waals surface area contributed by atoms with Crippen molar-refractivity contribution in [3.8, 4) is 0 Å². The van der Waals surface area contributed by atoms with Gasteiger partial charge < -0.3 is 10.5 Å². The Morgan fingerprint density at radius 1 is 1.50 bits per heavy atom. The second-order valence-corrected chi connectivity index (χ2v) is 3.89. The molecule has 1 fully saturated rings. The van der Waals surface area contributed by atoms with Crippen molar-refractivity contribution in [1.82, 2.24) is 0 Å². The van der Waals surface area contributed by atoms with Gasteiger partial charge in [-0.15, -0.1) is 0 Å². The highest BCUT2D eigenvalue weighted by Crippen LogP contribution is 2.34. The van der Waals surface area contributed by atoms with Crippen molar-refractivity contribution in [2.75, 3.05) is 6.61 Å². The molecule has 0 aromatic heterocycles. The highest BCUT2D eigenvalue weighted by molar-refractivity contribution is 4.98. The first-order chi connectivity index (χ1) is 5.65. The summed E-state index contributed by atoms with van der Waals surface area (Å²) in [7, 11) is 0. The summed E-state index contributed by atoms with van der Waals surface area (Å²) in [6.07, 6.45) is 3.60. The third-order valence-corrected chi connectivity index (χ3v) is 3.41. The largest absolute Gasteiger partial charge is 0.377 e. The Labute approximate surface area is 75.5 Å². The molecule has 2 atom stereocenters. The summed E-state index contributed by atoms with van der Waals surface area (Å²) in [5.41, 5.74) is 6.29. The van der Waals surface area contributed by atoms with E-state index >= 15 is 0 Å². The van der Waals surface area contributed by atoms with Crippen molar-refractivity contribution in [3.63, 3.8) is 0 Å². The smallest absolute Gasteiger partial charge is 0.0729 e. The third kappa shape index (κ3) is 1.50.